The number of nitrogens with one attached hydrogen (secondary N) is 1. The number of aromatic nitrogens is 2. The van der Waals surface area contributed by atoms with Gasteiger partial charge in [0, 0.05) is 12.2 Å². The van der Waals surface area contributed by atoms with Crippen LogP contribution in [0.5, 0.6) is 0 Å². The average Bonchev–Trinajstić information content (AvgIpc) is 2.81. The SMILES string of the molecule is CCn1nc(C)cc1C(=O)Nc1ccc(N)cc1C(=O)O. The van der Waals surface area contributed by atoms with E-state index in [0.717, 1.165) is 5.69 Å². The van der Waals surface area contributed by atoms with E-state index in [1.54, 1.807) is 17.7 Å². The highest BCUT2D eigenvalue weighted by molar-refractivity contribution is 6.07. The van der Waals surface area contributed by atoms with Crippen LogP contribution < -0.4 is 11.1 Å². The van der Waals surface area contributed by atoms with Gasteiger partial charge in [0.1, 0.15) is 5.69 Å². The summed E-state index contributed by atoms with van der Waals surface area (Å²) >= 11 is 0. The number of carboxylic acid groups (broad SMARTS) is 1. The normalized spacial score (nSPS) is 10.4. The van der Waals surface area contributed by atoms with Crippen molar-refractivity contribution in [3.05, 3.63) is 41.2 Å². The first-order valence-electron chi connectivity index (χ1n) is 6.41. The summed E-state index contributed by atoms with van der Waals surface area (Å²) < 4.78 is 1.56. The Hall–Kier alpha value is -2.83. The number of nitrogens with zero attached hydrogens (tertiary/aromatic N) is 2. The first-order valence-corrected chi connectivity index (χ1v) is 6.41. The number of amides is 1. The molecule has 1 aromatic carbocycles. The molecule has 1 heterocycles. The number of aryl methyl sites for hydroxylation is 2. The standard InChI is InChI=1S/C14H16N4O3/c1-3-18-12(6-8(2)17-18)13(19)16-11-5-4-9(15)7-10(11)14(20)21/h4-7H,3,15H2,1-2H3,(H,16,19)(H,20,21). The zero-order valence-corrected chi connectivity index (χ0v) is 11.8. The number of anilines is 2. The Kier molecular flexibility index (Phi) is 3.93. The third kappa shape index (κ3) is 3.02. The van der Waals surface area contributed by atoms with Crippen LogP contribution in [0.15, 0.2) is 24.3 Å². The maximum atomic E-state index is 12.3. The second-order valence-electron chi connectivity index (χ2n) is 4.55. The fourth-order valence-corrected chi connectivity index (χ4v) is 2.00. The van der Waals surface area contributed by atoms with Crippen molar-refractivity contribution in [1.29, 1.82) is 0 Å². The molecular formula is C14H16N4O3. The van der Waals surface area contributed by atoms with Gasteiger partial charge in [-0.05, 0) is 38.1 Å². The van der Waals surface area contributed by atoms with Crippen LogP contribution in [0, 0.1) is 6.92 Å². The number of nitrogens with two attached hydrogens (primary N) is 1. The predicted octanol–water partition coefficient (Wildman–Crippen LogP) is 1.74. The zero-order valence-electron chi connectivity index (χ0n) is 11.8. The molecule has 0 aliphatic rings. The summed E-state index contributed by atoms with van der Waals surface area (Å²) in [7, 11) is 0. The van der Waals surface area contributed by atoms with Gasteiger partial charge in [-0.15, -0.1) is 0 Å². The molecule has 0 atom stereocenters. The van der Waals surface area contributed by atoms with Crippen LogP contribution in [0.1, 0.15) is 33.5 Å². The van der Waals surface area contributed by atoms with Crippen molar-refractivity contribution in [2.45, 2.75) is 20.4 Å². The molecule has 21 heavy (non-hydrogen) atoms. The van der Waals surface area contributed by atoms with Gasteiger partial charge in [-0.25, -0.2) is 4.79 Å². The summed E-state index contributed by atoms with van der Waals surface area (Å²) in [5, 5.41) is 15.9. The Balaban J connectivity index is 2.33. The summed E-state index contributed by atoms with van der Waals surface area (Å²) in [6.07, 6.45) is 0. The minimum Gasteiger partial charge on any atom is -0.478 e. The maximum absolute atomic E-state index is 12.3. The van der Waals surface area contributed by atoms with E-state index in [0.29, 0.717) is 17.9 Å². The molecule has 0 unspecified atom stereocenters. The van der Waals surface area contributed by atoms with E-state index in [-0.39, 0.29) is 11.3 Å². The van der Waals surface area contributed by atoms with E-state index in [9.17, 15) is 9.59 Å². The Morgan fingerprint density at radius 1 is 1.38 bits per heavy atom. The summed E-state index contributed by atoms with van der Waals surface area (Å²) in [6, 6.07) is 5.96. The molecule has 4 N–H and O–H groups in total. The van der Waals surface area contributed by atoms with Gasteiger partial charge in [-0.2, -0.15) is 5.10 Å². The van der Waals surface area contributed by atoms with Crippen molar-refractivity contribution in [3.63, 3.8) is 0 Å². The van der Waals surface area contributed by atoms with Gasteiger partial charge in [-0.1, -0.05) is 0 Å². The molecule has 1 amide bonds. The Bertz CT molecular complexity index is 706. The van der Waals surface area contributed by atoms with E-state index >= 15 is 0 Å². The highest BCUT2D eigenvalue weighted by Crippen LogP contribution is 2.20. The number of rotatable bonds is 4. The topological polar surface area (TPSA) is 110 Å². The maximum Gasteiger partial charge on any atom is 0.337 e. The average molecular weight is 288 g/mol. The molecule has 2 rings (SSSR count). The Labute approximate surface area is 121 Å². The lowest BCUT2D eigenvalue weighted by Gasteiger charge is -2.10. The number of aromatic carboxylic acids is 1. The molecule has 0 bridgehead atoms. The molecule has 110 valence electrons. The molecule has 0 spiro atoms. The second-order valence-corrected chi connectivity index (χ2v) is 4.55. The number of benzene rings is 1. The number of nitrogen functional groups attached to an aromatic ring is 1. The predicted molar refractivity (Wildman–Crippen MR) is 78.4 cm³/mol. The van der Waals surface area contributed by atoms with Crippen molar-refractivity contribution in [2.75, 3.05) is 11.1 Å². The summed E-state index contributed by atoms with van der Waals surface area (Å²) in [6.45, 7) is 4.20. The number of carboxylic acids is 1. The van der Waals surface area contributed by atoms with Crippen LogP contribution in [0.3, 0.4) is 0 Å². The van der Waals surface area contributed by atoms with Crippen LogP contribution in [0.4, 0.5) is 11.4 Å². The van der Waals surface area contributed by atoms with Crippen molar-refractivity contribution >= 4 is 23.3 Å². The minimum atomic E-state index is -1.15. The van der Waals surface area contributed by atoms with Crippen LogP contribution in [0.25, 0.3) is 0 Å². The fraction of sp³-hybridized carbons (Fsp3) is 0.214. The molecule has 1 aromatic heterocycles. The van der Waals surface area contributed by atoms with E-state index < -0.39 is 11.9 Å². The van der Waals surface area contributed by atoms with Gasteiger partial charge in [0.25, 0.3) is 5.91 Å². The van der Waals surface area contributed by atoms with Crippen molar-refractivity contribution in [2.24, 2.45) is 0 Å². The zero-order chi connectivity index (χ0) is 15.6. The molecule has 2 aromatic rings. The molecule has 7 nitrogen and oxygen atoms in total. The number of hydrogen-bond donors (Lipinski definition) is 3. The molecule has 0 saturated heterocycles. The number of carbonyl (C=O) groups excluding carboxylic acids is 1. The summed E-state index contributed by atoms with van der Waals surface area (Å²) in [5.41, 5.74) is 7.13. The molecule has 7 heteroatoms. The largest absolute Gasteiger partial charge is 0.478 e. The van der Waals surface area contributed by atoms with Gasteiger partial charge in [0.05, 0.1) is 16.9 Å². The highest BCUT2D eigenvalue weighted by atomic mass is 16.4. The lowest BCUT2D eigenvalue weighted by Crippen LogP contribution is -2.19. The van der Waals surface area contributed by atoms with E-state index in [1.807, 2.05) is 6.92 Å². The molecule has 0 aliphatic heterocycles. The fourth-order valence-electron chi connectivity index (χ4n) is 2.00. The smallest absolute Gasteiger partial charge is 0.337 e. The van der Waals surface area contributed by atoms with Gasteiger partial charge in [0.2, 0.25) is 0 Å². The monoisotopic (exact) mass is 288 g/mol. The molecular weight excluding hydrogens is 272 g/mol. The lowest BCUT2D eigenvalue weighted by atomic mass is 10.1. The van der Waals surface area contributed by atoms with E-state index in [4.69, 9.17) is 10.8 Å². The summed E-state index contributed by atoms with van der Waals surface area (Å²) in [4.78, 5) is 23.5. The first-order chi connectivity index (χ1) is 9.92. The van der Waals surface area contributed by atoms with Crippen LogP contribution in [-0.2, 0) is 6.54 Å². The minimum absolute atomic E-state index is 0.0531. The molecule has 0 fully saturated rings. The van der Waals surface area contributed by atoms with Gasteiger partial charge < -0.3 is 16.2 Å². The quantitative estimate of drug-likeness (QED) is 0.742. The summed E-state index contributed by atoms with van der Waals surface area (Å²) in [5.74, 6) is -1.57. The van der Waals surface area contributed by atoms with Crippen LogP contribution in [-0.4, -0.2) is 26.8 Å². The van der Waals surface area contributed by atoms with E-state index in [1.165, 1.54) is 18.2 Å². The van der Waals surface area contributed by atoms with Gasteiger partial charge in [0.15, 0.2) is 0 Å². The van der Waals surface area contributed by atoms with Crippen molar-refractivity contribution in [1.82, 2.24) is 9.78 Å². The second kappa shape index (κ2) is 5.66. The van der Waals surface area contributed by atoms with Crippen molar-refractivity contribution < 1.29 is 14.7 Å². The molecule has 0 saturated carbocycles. The Morgan fingerprint density at radius 3 is 2.71 bits per heavy atom. The Morgan fingerprint density at radius 2 is 2.10 bits per heavy atom. The van der Waals surface area contributed by atoms with E-state index in [2.05, 4.69) is 10.4 Å². The van der Waals surface area contributed by atoms with Gasteiger partial charge in [-0.3, -0.25) is 9.48 Å². The third-order valence-corrected chi connectivity index (χ3v) is 2.96. The van der Waals surface area contributed by atoms with Crippen LogP contribution >= 0.6 is 0 Å². The van der Waals surface area contributed by atoms with Gasteiger partial charge >= 0.3 is 5.97 Å². The van der Waals surface area contributed by atoms with Crippen molar-refractivity contribution in [3.8, 4) is 0 Å². The molecule has 0 aliphatic carbocycles. The van der Waals surface area contributed by atoms with Crippen LogP contribution in [0.2, 0.25) is 0 Å². The third-order valence-electron chi connectivity index (χ3n) is 2.96. The molecule has 0 radical (unpaired) electrons. The number of hydrogen-bond acceptors (Lipinski definition) is 4. The number of carbonyl (C=O) groups is 2. The highest BCUT2D eigenvalue weighted by Gasteiger charge is 2.17. The first kappa shape index (κ1) is 14.6. The lowest BCUT2D eigenvalue weighted by molar-refractivity contribution is 0.0698.